The van der Waals surface area contributed by atoms with E-state index in [2.05, 4.69) is 10.6 Å². The van der Waals surface area contributed by atoms with Crippen LogP contribution < -0.4 is 10.6 Å². The van der Waals surface area contributed by atoms with Crippen LogP contribution in [-0.2, 0) is 9.59 Å². The highest BCUT2D eigenvalue weighted by Crippen LogP contribution is 2.41. The van der Waals surface area contributed by atoms with E-state index in [1.807, 2.05) is 6.19 Å². The zero-order valence-electron chi connectivity index (χ0n) is 14.0. The standard InChI is InChI=1S/C17H16N4O4S/c1-8-12(15(22)23)14(13(16(24)25)9(2)19-8)10-4-3-5-11(6-10)20-17-21(7-18)26-17/h3-6,14,17,19-20H,1-2H3,(H,22,23)(H,24,25). The Kier molecular flexibility index (Phi) is 4.52. The summed E-state index contributed by atoms with van der Waals surface area (Å²) >= 11 is 1.33. The highest BCUT2D eigenvalue weighted by Gasteiger charge is 2.38. The van der Waals surface area contributed by atoms with Gasteiger partial charge in [0, 0.05) is 29.0 Å². The Balaban J connectivity index is 2.03. The van der Waals surface area contributed by atoms with E-state index < -0.39 is 17.9 Å². The fourth-order valence-corrected chi connectivity index (χ4v) is 3.58. The summed E-state index contributed by atoms with van der Waals surface area (Å²) in [6.07, 6.45) is 2.00. The van der Waals surface area contributed by atoms with E-state index >= 15 is 0 Å². The zero-order valence-corrected chi connectivity index (χ0v) is 14.8. The molecule has 26 heavy (non-hydrogen) atoms. The van der Waals surface area contributed by atoms with Crippen LogP contribution in [0.1, 0.15) is 25.3 Å². The molecule has 1 unspecified atom stereocenters. The van der Waals surface area contributed by atoms with E-state index in [-0.39, 0.29) is 16.6 Å². The zero-order chi connectivity index (χ0) is 19.0. The second-order valence-electron chi connectivity index (χ2n) is 5.90. The van der Waals surface area contributed by atoms with Gasteiger partial charge >= 0.3 is 11.9 Å². The van der Waals surface area contributed by atoms with Crippen LogP contribution in [0.2, 0.25) is 0 Å². The fraction of sp³-hybridized carbons (Fsp3) is 0.235. The summed E-state index contributed by atoms with van der Waals surface area (Å²) < 4.78 is 1.47. The second kappa shape index (κ2) is 6.65. The van der Waals surface area contributed by atoms with Crippen molar-refractivity contribution in [3.63, 3.8) is 0 Å². The highest BCUT2D eigenvalue weighted by molar-refractivity contribution is 8.04. The van der Waals surface area contributed by atoms with Crippen LogP contribution in [0.15, 0.2) is 46.8 Å². The molecule has 2 heterocycles. The number of benzene rings is 1. The number of allylic oxidation sites excluding steroid dienone is 2. The van der Waals surface area contributed by atoms with Gasteiger partial charge in [0.05, 0.1) is 17.1 Å². The van der Waals surface area contributed by atoms with Crippen molar-refractivity contribution in [2.75, 3.05) is 5.32 Å². The van der Waals surface area contributed by atoms with E-state index in [0.29, 0.717) is 22.6 Å². The Bertz CT molecular complexity index is 866. The van der Waals surface area contributed by atoms with Crippen molar-refractivity contribution in [1.29, 1.82) is 5.26 Å². The van der Waals surface area contributed by atoms with Gasteiger partial charge < -0.3 is 20.8 Å². The van der Waals surface area contributed by atoms with Crippen molar-refractivity contribution in [2.45, 2.75) is 25.3 Å². The van der Waals surface area contributed by atoms with Gasteiger partial charge in [-0.2, -0.15) is 5.26 Å². The average Bonchev–Trinajstić information content (AvgIpc) is 3.31. The quantitative estimate of drug-likeness (QED) is 0.350. The molecule has 9 heteroatoms. The number of hydrogen-bond acceptors (Lipinski definition) is 7. The first kappa shape index (κ1) is 17.7. The number of nitrogens with zero attached hydrogens (tertiary/aromatic N) is 2. The maximum Gasteiger partial charge on any atom is 0.334 e. The predicted octanol–water partition coefficient (Wildman–Crippen LogP) is 2.23. The van der Waals surface area contributed by atoms with Gasteiger partial charge in [-0.1, -0.05) is 12.1 Å². The molecule has 0 radical (unpaired) electrons. The number of aliphatic carboxylic acids is 2. The van der Waals surface area contributed by atoms with E-state index in [1.165, 1.54) is 16.3 Å². The predicted molar refractivity (Wildman–Crippen MR) is 95.4 cm³/mol. The third kappa shape index (κ3) is 3.19. The summed E-state index contributed by atoms with van der Waals surface area (Å²) in [5.74, 6) is -3.23. The van der Waals surface area contributed by atoms with Crippen molar-refractivity contribution in [2.24, 2.45) is 0 Å². The van der Waals surface area contributed by atoms with Crippen LogP contribution in [0.4, 0.5) is 5.69 Å². The summed E-state index contributed by atoms with van der Waals surface area (Å²) in [6, 6.07) is 6.94. The van der Waals surface area contributed by atoms with Gasteiger partial charge in [0.1, 0.15) is 0 Å². The topological polar surface area (TPSA) is 125 Å². The van der Waals surface area contributed by atoms with Crippen LogP contribution >= 0.6 is 11.9 Å². The van der Waals surface area contributed by atoms with Crippen molar-refractivity contribution >= 4 is 29.6 Å². The third-order valence-corrected chi connectivity index (χ3v) is 5.04. The molecular formula is C17H16N4O4S. The Morgan fingerprint density at radius 3 is 2.35 bits per heavy atom. The molecule has 2 aliphatic rings. The first-order chi connectivity index (χ1) is 12.3. The summed E-state index contributed by atoms with van der Waals surface area (Å²) in [5, 5.41) is 34.1. The summed E-state index contributed by atoms with van der Waals surface area (Å²) in [4.78, 5) is 23.6. The second-order valence-corrected chi connectivity index (χ2v) is 6.95. The number of nitriles is 1. The average molecular weight is 372 g/mol. The fourth-order valence-electron chi connectivity index (χ4n) is 3.09. The van der Waals surface area contributed by atoms with Crippen molar-refractivity contribution in [3.8, 4) is 6.19 Å². The highest BCUT2D eigenvalue weighted by atomic mass is 32.2. The molecule has 2 aliphatic heterocycles. The normalized spacial score (nSPS) is 19.7. The summed E-state index contributed by atoms with van der Waals surface area (Å²) in [7, 11) is 0. The Morgan fingerprint density at radius 2 is 1.85 bits per heavy atom. The van der Waals surface area contributed by atoms with Crippen LogP contribution in [-0.4, -0.2) is 32.0 Å². The lowest BCUT2D eigenvalue weighted by Gasteiger charge is -2.29. The van der Waals surface area contributed by atoms with Gasteiger partial charge in [-0.05, 0) is 31.5 Å². The van der Waals surface area contributed by atoms with Gasteiger partial charge in [0.2, 0.25) is 0 Å². The van der Waals surface area contributed by atoms with Crippen LogP contribution in [0.3, 0.4) is 0 Å². The van der Waals surface area contributed by atoms with Crippen LogP contribution in [0.5, 0.6) is 0 Å². The molecule has 1 aromatic carbocycles. The van der Waals surface area contributed by atoms with E-state index in [4.69, 9.17) is 5.26 Å². The number of carboxylic acid groups (broad SMARTS) is 2. The molecule has 3 rings (SSSR count). The number of dihydropyridines is 1. The van der Waals surface area contributed by atoms with Crippen LogP contribution in [0.25, 0.3) is 0 Å². The minimum atomic E-state index is -1.17. The van der Waals surface area contributed by atoms with Gasteiger partial charge in [0.15, 0.2) is 11.7 Å². The largest absolute Gasteiger partial charge is 0.478 e. The Morgan fingerprint density at radius 1 is 1.23 bits per heavy atom. The van der Waals surface area contributed by atoms with Gasteiger partial charge in [-0.3, -0.25) is 0 Å². The maximum atomic E-state index is 11.8. The van der Waals surface area contributed by atoms with Crippen molar-refractivity contribution in [1.82, 2.24) is 9.62 Å². The summed E-state index contributed by atoms with van der Waals surface area (Å²) in [6.45, 7) is 3.23. The molecule has 8 nitrogen and oxygen atoms in total. The molecule has 1 fully saturated rings. The minimum absolute atomic E-state index is 0.00426. The van der Waals surface area contributed by atoms with Crippen molar-refractivity contribution < 1.29 is 19.8 Å². The molecule has 0 amide bonds. The Hall–Kier alpha value is -3.12. The van der Waals surface area contributed by atoms with Crippen molar-refractivity contribution in [3.05, 3.63) is 52.4 Å². The van der Waals surface area contributed by atoms with E-state index in [1.54, 1.807) is 38.1 Å². The van der Waals surface area contributed by atoms with Crippen LogP contribution in [0, 0.1) is 11.5 Å². The number of carboxylic acids is 2. The molecule has 4 N–H and O–H groups in total. The Labute approximate surface area is 153 Å². The number of hydrogen-bond donors (Lipinski definition) is 4. The molecule has 0 spiro atoms. The first-order valence-corrected chi connectivity index (χ1v) is 8.54. The molecule has 1 aromatic rings. The molecule has 1 saturated heterocycles. The SMILES string of the molecule is CC1=C(C(=O)O)C(c2cccc(NC3SN3C#N)c2)C(C(=O)O)=C(C)N1. The number of nitrogens with one attached hydrogen (secondary N) is 2. The number of carbonyl (C=O) groups is 2. The van der Waals surface area contributed by atoms with Gasteiger partial charge in [0.25, 0.3) is 0 Å². The van der Waals surface area contributed by atoms with Gasteiger partial charge in [-0.25, -0.2) is 13.9 Å². The third-order valence-electron chi connectivity index (χ3n) is 4.21. The molecular weight excluding hydrogens is 356 g/mol. The van der Waals surface area contributed by atoms with Gasteiger partial charge in [-0.15, -0.1) is 0 Å². The number of anilines is 1. The molecule has 0 bridgehead atoms. The monoisotopic (exact) mass is 372 g/mol. The van der Waals surface area contributed by atoms with E-state index in [9.17, 15) is 19.8 Å². The lowest BCUT2D eigenvalue weighted by molar-refractivity contribution is -0.133. The smallest absolute Gasteiger partial charge is 0.334 e. The molecule has 134 valence electrons. The molecule has 0 aromatic heterocycles. The lowest BCUT2D eigenvalue weighted by Crippen LogP contribution is -2.31. The molecule has 0 saturated carbocycles. The molecule has 1 atom stereocenters. The number of rotatable bonds is 5. The summed E-state index contributed by atoms with van der Waals surface area (Å²) in [5.41, 5.74) is 1.90. The minimum Gasteiger partial charge on any atom is -0.478 e. The van der Waals surface area contributed by atoms with E-state index in [0.717, 1.165) is 0 Å². The maximum absolute atomic E-state index is 11.8. The molecule has 0 aliphatic carbocycles. The lowest BCUT2D eigenvalue weighted by atomic mass is 9.80. The first-order valence-electron chi connectivity index (χ1n) is 7.71.